The van der Waals surface area contributed by atoms with Crippen molar-refractivity contribution in [3.8, 4) is 0 Å². The Kier molecular flexibility index (Phi) is 4.06. The fourth-order valence-corrected chi connectivity index (χ4v) is 2.64. The number of carbonyl (C=O) groups excluding carboxylic acids is 1. The summed E-state index contributed by atoms with van der Waals surface area (Å²) < 4.78 is 7.07. The summed E-state index contributed by atoms with van der Waals surface area (Å²) in [6, 6.07) is 5.49. The topological polar surface area (TPSA) is 54.5 Å². The fraction of sp³-hybridized carbons (Fsp3) is 0.467. The minimum Gasteiger partial charge on any atom is -0.468 e. The Balaban J connectivity index is 1.52. The first-order valence-corrected chi connectivity index (χ1v) is 7.26. The monoisotopic (exact) mass is 288 g/mol. The number of piperazine rings is 1. The van der Waals surface area contributed by atoms with Gasteiger partial charge >= 0.3 is 0 Å². The third kappa shape index (κ3) is 3.16. The van der Waals surface area contributed by atoms with Gasteiger partial charge in [0.1, 0.15) is 11.8 Å². The molecular weight excluding hydrogens is 268 g/mol. The van der Waals surface area contributed by atoms with Crippen LogP contribution in [0.4, 0.5) is 0 Å². The molecule has 1 saturated heterocycles. The minimum atomic E-state index is -0.239. The molecule has 2 aromatic rings. The van der Waals surface area contributed by atoms with Crippen LogP contribution >= 0.6 is 0 Å². The molecule has 0 saturated carbocycles. The summed E-state index contributed by atoms with van der Waals surface area (Å²) in [5.74, 6) is 1.11. The second-order valence-corrected chi connectivity index (χ2v) is 5.34. The standard InChI is InChI=1S/C15H20N4O2/c1-13(19-6-3-5-16-19)15(20)18-9-7-17(8-10-18)12-14-4-2-11-21-14/h2-6,11,13H,7-10,12H2,1H3/t13-/m1/s1. The maximum Gasteiger partial charge on any atom is 0.247 e. The van der Waals surface area contributed by atoms with Crippen molar-refractivity contribution in [2.45, 2.75) is 19.5 Å². The molecule has 0 bridgehead atoms. The lowest BCUT2D eigenvalue weighted by molar-refractivity contribution is -0.136. The number of amides is 1. The van der Waals surface area contributed by atoms with E-state index in [-0.39, 0.29) is 11.9 Å². The first-order chi connectivity index (χ1) is 10.2. The summed E-state index contributed by atoms with van der Waals surface area (Å²) in [6.45, 7) is 5.96. The number of carbonyl (C=O) groups is 1. The van der Waals surface area contributed by atoms with Crippen molar-refractivity contribution in [1.82, 2.24) is 19.6 Å². The van der Waals surface area contributed by atoms with Gasteiger partial charge in [0.2, 0.25) is 5.91 Å². The zero-order valence-corrected chi connectivity index (χ0v) is 12.2. The molecule has 1 amide bonds. The Morgan fingerprint density at radius 1 is 1.33 bits per heavy atom. The van der Waals surface area contributed by atoms with Crippen molar-refractivity contribution in [1.29, 1.82) is 0 Å². The Bertz CT molecular complexity index is 557. The molecule has 0 N–H and O–H groups in total. The Labute approximate surface area is 123 Å². The normalized spacial score (nSPS) is 17.9. The maximum atomic E-state index is 12.4. The quantitative estimate of drug-likeness (QED) is 0.853. The number of rotatable bonds is 4. The number of hydrogen-bond acceptors (Lipinski definition) is 4. The minimum absolute atomic E-state index is 0.136. The molecule has 1 atom stereocenters. The Hall–Kier alpha value is -2.08. The van der Waals surface area contributed by atoms with E-state index >= 15 is 0 Å². The molecule has 0 aromatic carbocycles. The summed E-state index contributed by atoms with van der Waals surface area (Å²) in [5.41, 5.74) is 0. The molecule has 112 valence electrons. The predicted molar refractivity (Wildman–Crippen MR) is 77.5 cm³/mol. The maximum absolute atomic E-state index is 12.4. The van der Waals surface area contributed by atoms with Gasteiger partial charge in [-0.1, -0.05) is 0 Å². The van der Waals surface area contributed by atoms with E-state index in [2.05, 4.69) is 10.00 Å². The molecule has 3 heterocycles. The zero-order chi connectivity index (χ0) is 14.7. The van der Waals surface area contributed by atoms with Gasteiger partial charge < -0.3 is 9.32 Å². The van der Waals surface area contributed by atoms with Crippen LogP contribution in [0.2, 0.25) is 0 Å². The van der Waals surface area contributed by atoms with E-state index < -0.39 is 0 Å². The van der Waals surface area contributed by atoms with E-state index in [1.54, 1.807) is 17.1 Å². The van der Waals surface area contributed by atoms with Gasteiger partial charge in [0.25, 0.3) is 0 Å². The second-order valence-electron chi connectivity index (χ2n) is 5.34. The van der Waals surface area contributed by atoms with E-state index in [9.17, 15) is 4.79 Å². The van der Waals surface area contributed by atoms with Crippen LogP contribution in [0.15, 0.2) is 41.3 Å². The third-order valence-electron chi connectivity index (χ3n) is 3.92. The van der Waals surface area contributed by atoms with E-state index in [1.165, 1.54) is 0 Å². The summed E-state index contributed by atoms with van der Waals surface area (Å²) in [6.07, 6.45) is 5.22. The second kappa shape index (κ2) is 6.13. The Morgan fingerprint density at radius 2 is 2.14 bits per heavy atom. The molecule has 6 nitrogen and oxygen atoms in total. The van der Waals surface area contributed by atoms with Crippen molar-refractivity contribution in [3.05, 3.63) is 42.6 Å². The van der Waals surface area contributed by atoms with Crippen LogP contribution in [0.3, 0.4) is 0 Å². The molecule has 0 radical (unpaired) electrons. The average Bonchev–Trinajstić information content (AvgIpc) is 3.20. The summed E-state index contributed by atoms with van der Waals surface area (Å²) in [7, 11) is 0. The third-order valence-corrected chi connectivity index (χ3v) is 3.92. The fourth-order valence-electron chi connectivity index (χ4n) is 2.64. The van der Waals surface area contributed by atoms with E-state index in [1.807, 2.05) is 36.2 Å². The SMILES string of the molecule is C[C@H](C(=O)N1CCN(Cc2ccco2)CC1)n1cccn1. The highest BCUT2D eigenvalue weighted by Gasteiger charge is 2.26. The van der Waals surface area contributed by atoms with Gasteiger partial charge in [-0.15, -0.1) is 0 Å². The molecule has 1 aliphatic rings. The predicted octanol–water partition coefficient (Wildman–Crippen LogP) is 1.38. The van der Waals surface area contributed by atoms with Crippen LogP contribution < -0.4 is 0 Å². The van der Waals surface area contributed by atoms with Crippen LogP contribution in [-0.4, -0.2) is 51.7 Å². The van der Waals surface area contributed by atoms with Crippen LogP contribution in [0, 0.1) is 0 Å². The molecule has 0 unspecified atom stereocenters. The van der Waals surface area contributed by atoms with Gasteiger partial charge in [-0.05, 0) is 25.1 Å². The van der Waals surface area contributed by atoms with Crippen molar-refractivity contribution in [2.24, 2.45) is 0 Å². The smallest absolute Gasteiger partial charge is 0.247 e. The summed E-state index contributed by atoms with van der Waals surface area (Å²) in [5, 5.41) is 4.14. The number of hydrogen-bond donors (Lipinski definition) is 0. The van der Waals surface area contributed by atoms with Gasteiger partial charge in [-0.3, -0.25) is 14.4 Å². The molecule has 0 aliphatic carbocycles. The number of aromatic nitrogens is 2. The lowest BCUT2D eigenvalue weighted by atomic mass is 10.2. The van der Waals surface area contributed by atoms with Crippen molar-refractivity contribution < 1.29 is 9.21 Å². The molecule has 1 fully saturated rings. The van der Waals surface area contributed by atoms with Gasteiger partial charge in [0.15, 0.2) is 0 Å². The first kappa shape index (κ1) is 13.9. The first-order valence-electron chi connectivity index (χ1n) is 7.26. The van der Waals surface area contributed by atoms with Gasteiger partial charge in [-0.2, -0.15) is 5.10 Å². The van der Waals surface area contributed by atoms with E-state index in [4.69, 9.17) is 4.42 Å². The number of furan rings is 1. The van der Waals surface area contributed by atoms with E-state index in [0.717, 1.165) is 38.5 Å². The highest BCUT2D eigenvalue weighted by molar-refractivity contribution is 5.80. The van der Waals surface area contributed by atoms with E-state index in [0.29, 0.717) is 0 Å². The van der Waals surface area contributed by atoms with Crippen molar-refractivity contribution in [3.63, 3.8) is 0 Å². The van der Waals surface area contributed by atoms with Crippen molar-refractivity contribution in [2.75, 3.05) is 26.2 Å². The van der Waals surface area contributed by atoms with Crippen LogP contribution in [0.5, 0.6) is 0 Å². The lowest BCUT2D eigenvalue weighted by Gasteiger charge is -2.35. The molecule has 0 spiro atoms. The number of nitrogens with zero attached hydrogens (tertiary/aromatic N) is 4. The van der Waals surface area contributed by atoms with Crippen LogP contribution in [0.1, 0.15) is 18.7 Å². The van der Waals surface area contributed by atoms with Gasteiger partial charge in [-0.25, -0.2) is 0 Å². The summed E-state index contributed by atoms with van der Waals surface area (Å²) in [4.78, 5) is 16.7. The molecule has 2 aromatic heterocycles. The van der Waals surface area contributed by atoms with Gasteiger partial charge in [0.05, 0.1) is 12.8 Å². The average molecular weight is 288 g/mol. The highest BCUT2D eigenvalue weighted by atomic mass is 16.3. The molecule has 1 aliphatic heterocycles. The lowest BCUT2D eigenvalue weighted by Crippen LogP contribution is -2.49. The van der Waals surface area contributed by atoms with Crippen LogP contribution in [-0.2, 0) is 11.3 Å². The van der Waals surface area contributed by atoms with Crippen LogP contribution in [0.25, 0.3) is 0 Å². The molecule has 6 heteroatoms. The zero-order valence-electron chi connectivity index (χ0n) is 12.2. The Morgan fingerprint density at radius 3 is 2.76 bits per heavy atom. The largest absolute Gasteiger partial charge is 0.468 e. The molecule has 3 rings (SSSR count). The molecular formula is C15H20N4O2. The van der Waals surface area contributed by atoms with Gasteiger partial charge in [0, 0.05) is 38.6 Å². The summed E-state index contributed by atoms with van der Waals surface area (Å²) >= 11 is 0. The van der Waals surface area contributed by atoms with Crippen molar-refractivity contribution >= 4 is 5.91 Å². The molecule has 21 heavy (non-hydrogen) atoms. The highest BCUT2D eigenvalue weighted by Crippen LogP contribution is 2.13.